The summed E-state index contributed by atoms with van der Waals surface area (Å²) in [5, 5.41) is 10.3. The number of nitrogens with one attached hydrogen (secondary N) is 1. The highest BCUT2D eigenvalue weighted by atomic mass is 19.4. The molecular weight excluding hydrogens is 423 g/mol. The summed E-state index contributed by atoms with van der Waals surface area (Å²) in [4.78, 5) is 26.8. The first-order chi connectivity index (χ1) is 15.3. The van der Waals surface area contributed by atoms with Crippen molar-refractivity contribution in [1.82, 2.24) is 25.2 Å². The fourth-order valence-electron chi connectivity index (χ4n) is 3.65. The second kappa shape index (κ2) is 8.81. The van der Waals surface area contributed by atoms with E-state index in [2.05, 4.69) is 15.6 Å². The van der Waals surface area contributed by atoms with Crippen molar-refractivity contribution >= 4 is 11.8 Å². The Labute approximate surface area is 181 Å². The molecule has 0 saturated carbocycles. The highest BCUT2D eigenvalue weighted by Crippen LogP contribution is 2.33. The van der Waals surface area contributed by atoms with Crippen LogP contribution in [-0.4, -0.2) is 50.8 Å². The van der Waals surface area contributed by atoms with Gasteiger partial charge in [0.25, 0.3) is 11.8 Å². The number of likely N-dealkylation sites (tertiary alicyclic amines) is 1. The molecule has 166 valence electrons. The Bertz CT molecular complexity index is 1110. The standard InChI is InChI=1S/C22H20F3N5O2/c23-22(24,25)17-8-4-5-9-19(17)30-14-18(27-28-30)20(31)26-16-10-12-29(13-11-16)21(32)15-6-2-1-3-7-15/h1-9,14,16H,10-13H2,(H,26,31). The molecule has 0 spiro atoms. The van der Waals surface area contributed by atoms with Gasteiger partial charge in [-0.3, -0.25) is 9.59 Å². The van der Waals surface area contributed by atoms with Crippen molar-refractivity contribution in [3.05, 3.63) is 77.6 Å². The first-order valence-electron chi connectivity index (χ1n) is 10.1. The van der Waals surface area contributed by atoms with E-state index in [0.717, 1.165) is 10.7 Å². The van der Waals surface area contributed by atoms with Crippen LogP contribution in [0.4, 0.5) is 13.2 Å². The van der Waals surface area contributed by atoms with Gasteiger partial charge in [-0.05, 0) is 37.1 Å². The summed E-state index contributed by atoms with van der Waals surface area (Å²) in [5.74, 6) is -0.574. The van der Waals surface area contributed by atoms with Crippen molar-refractivity contribution < 1.29 is 22.8 Å². The van der Waals surface area contributed by atoms with E-state index in [1.54, 1.807) is 29.2 Å². The Morgan fingerprint density at radius 1 is 0.969 bits per heavy atom. The van der Waals surface area contributed by atoms with Crippen LogP contribution < -0.4 is 5.32 Å². The quantitative estimate of drug-likeness (QED) is 0.671. The number of hydrogen-bond donors (Lipinski definition) is 1. The number of alkyl halides is 3. The summed E-state index contributed by atoms with van der Waals surface area (Å²) in [6, 6.07) is 13.8. The summed E-state index contributed by atoms with van der Waals surface area (Å²) >= 11 is 0. The lowest BCUT2D eigenvalue weighted by atomic mass is 10.0. The van der Waals surface area contributed by atoms with Crippen LogP contribution in [0.5, 0.6) is 0 Å². The number of hydrogen-bond acceptors (Lipinski definition) is 4. The highest BCUT2D eigenvalue weighted by molar-refractivity contribution is 5.94. The molecule has 2 aromatic carbocycles. The predicted octanol–water partition coefficient (Wildman–Crippen LogP) is 3.32. The summed E-state index contributed by atoms with van der Waals surface area (Å²) in [5.41, 5.74) is -0.540. The van der Waals surface area contributed by atoms with Crippen LogP contribution in [0.2, 0.25) is 0 Å². The van der Waals surface area contributed by atoms with Crippen LogP contribution in [0.15, 0.2) is 60.8 Å². The fraction of sp³-hybridized carbons (Fsp3) is 0.273. The van der Waals surface area contributed by atoms with Gasteiger partial charge in [-0.1, -0.05) is 35.5 Å². The molecule has 10 heteroatoms. The molecule has 0 aliphatic carbocycles. The van der Waals surface area contributed by atoms with Crippen LogP contribution in [-0.2, 0) is 6.18 Å². The number of aromatic nitrogens is 3. The molecule has 1 aromatic heterocycles. The molecule has 4 rings (SSSR count). The van der Waals surface area contributed by atoms with E-state index in [4.69, 9.17) is 0 Å². The smallest absolute Gasteiger partial charge is 0.348 e. The SMILES string of the molecule is O=C(NC1CCN(C(=O)c2ccccc2)CC1)c1cn(-c2ccccc2C(F)(F)F)nn1. The molecule has 2 amide bonds. The fourth-order valence-corrected chi connectivity index (χ4v) is 3.65. The molecule has 3 aromatic rings. The number of nitrogens with zero attached hydrogens (tertiary/aromatic N) is 4. The Hall–Kier alpha value is -3.69. The van der Waals surface area contributed by atoms with Crippen LogP contribution in [0.25, 0.3) is 5.69 Å². The third-order valence-corrected chi connectivity index (χ3v) is 5.32. The van der Waals surface area contributed by atoms with Crippen molar-refractivity contribution in [3.8, 4) is 5.69 Å². The first-order valence-corrected chi connectivity index (χ1v) is 10.1. The zero-order valence-corrected chi connectivity index (χ0v) is 16.9. The zero-order valence-electron chi connectivity index (χ0n) is 16.9. The average molecular weight is 443 g/mol. The Morgan fingerprint density at radius 3 is 2.31 bits per heavy atom. The van der Waals surface area contributed by atoms with E-state index in [9.17, 15) is 22.8 Å². The van der Waals surface area contributed by atoms with E-state index in [0.29, 0.717) is 31.5 Å². The van der Waals surface area contributed by atoms with Crippen molar-refractivity contribution in [3.63, 3.8) is 0 Å². The maximum absolute atomic E-state index is 13.2. The lowest BCUT2D eigenvalue weighted by Crippen LogP contribution is -2.46. The van der Waals surface area contributed by atoms with Crippen LogP contribution in [0.3, 0.4) is 0 Å². The van der Waals surface area contributed by atoms with Crippen molar-refractivity contribution in [2.45, 2.75) is 25.1 Å². The number of amides is 2. The molecule has 2 heterocycles. The number of para-hydroxylation sites is 1. The molecule has 0 atom stereocenters. The molecule has 1 saturated heterocycles. The number of halogens is 3. The Balaban J connectivity index is 1.37. The van der Waals surface area contributed by atoms with E-state index >= 15 is 0 Å². The topological polar surface area (TPSA) is 80.1 Å². The molecule has 0 radical (unpaired) electrons. The van der Waals surface area contributed by atoms with Gasteiger partial charge in [-0.15, -0.1) is 5.10 Å². The van der Waals surface area contributed by atoms with Crippen LogP contribution >= 0.6 is 0 Å². The van der Waals surface area contributed by atoms with Gasteiger partial charge in [0.05, 0.1) is 17.4 Å². The minimum Gasteiger partial charge on any atom is -0.348 e. The molecule has 0 bridgehead atoms. The number of carbonyl (C=O) groups is 2. The lowest BCUT2D eigenvalue weighted by Gasteiger charge is -2.32. The zero-order chi connectivity index (χ0) is 22.7. The van der Waals surface area contributed by atoms with E-state index in [1.165, 1.54) is 24.4 Å². The van der Waals surface area contributed by atoms with Crippen LogP contribution in [0.1, 0.15) is 39.3 Å². The van der Waals surface area contributed by atoms with Gasteiger partial charge in [0.15, 0.2) is 5.69 Å². The molecule has 32 heavy (non-hydrogen) atoms. The minimum atomic E-state index is -4.56. The van der Waals surface area contributed by atoms with E-state index < -0.39 is 17.6 Å². The van der Waals surface area contributed by atoms with Crippen LogP contribution in [0, 0.1) is 0 Å². The third-order valence-electron chi connectivity index (χ3n) is 5.32. The van der Waals surface area contributed by atoms with Gasteiger partial charge in [-0.2, -0.15) is 13.2 Å². The Morgan fingerprint density at radius 2 is 1.62 bits per heavy atom. The van der Waals surface area contributed by atoms with Crippen molar-refractivity contribution in [2.24, 2.45) is 0 Å². The van der Waals surface area contributed by atoms with Crippen molar-refractivity contribution in [1.29, 1.82) is 0 Å². The minimum absolute atomic E-state index is 0.0540. The molecule has 1 aliphatic heterocycles. The predicted molar refractivity (Wildman–Crippen MR) is 109 cm³/mol. The summed E-state index contributed by atoms with van der Waals surface area (Å²) in [7, 11) is 0. The normalized spacial score (nSPS) is 14.9. The maximum Gasteiger partial charge on any atom is 0.418 e. The number of benzene rings is 2. The second-order valence-corrected chi connectivity index (χ2v) is 7.47. The lowest BCUT2D eigenvalue weighted by molar-refractivity contribution is -0.137. The third kappa shape index (κ3) is 4.63. The highest BCUT2D eigenvalue weighted by Gasteiger charge is 2.34. The van der Waals surface area contributed by atoms with Gasteiger partial charge in [-0.25, -0.2) is 4.68 Å². The monoisotopic (exact) mass is 443 g/mol. The van der Waals surface area contributed by atoms with E-state index in [-0.39, 0.29) is 23.3 Å². The molecule has 1 aliphatic rings. The summed E-state index contributed by atoms with van der Waals surface area (Å²) < 4.78 is 40.7. The van der Waals surface area contributed by atoms with Gasteiger partial charge < -0.3 is 10.2 Å². The molecule has 7 nitrogen and oxygen atoms in total. The summed E-state index contributed by atoms with van der Waals surface area (Å²) in [6.07, 6.45) is -2.26. The summed E-state index contributed by atoms with van der Waals surface area (Å²) in [6.45, 7) is 0.981. The maximum atomic E-state index is 13.2. The first kappa shape index (κ1) is 21.5. The Kier molecular flexibility index (Phi) is 5.93. The van der Waals surface area contributed by atoms with Gasteiger partial charge in [0.1, 0.15) is 0 Å². The van der Waals surface area contributed by atoms with Crippen molar-refractivity contribution in [2.75, 3.05) is 13.1 Å². The van der Waals surface area contributed by atoms with Gasteiger partial charge >= 0.3 is 6.18 Å². The number of rotatable bonds is 4. The molecule has 1 N–H and O–H groups in total. The number of carbonyl (C=O) groups excluding carboxylic acids is 2. The van der Waals surface area contributed by atoms with Gasteiger partial charge in [0.2, 0.25) is 0 Å². The van der Waals surface area contributed by atoms with Gasteiger partial charge in [0, 0.05) is 24.7 Å². The molecule has 1 fully saturated rings. The van der Waals surface area contributed by atoms with E-state index in [1.807, 2.05) is 6.07 Å². The largest absolute Gasteiger partial charge is 0.418 e. The molecule has 0 unspecified atom stereocenters. The second-order valence-electron chi connectivity index (χ2n) is 7.47. The molecular formula is C22H20F3N5O2. The number of piperidine rings is 1. The average Bonchev–Trinajstić information content (AvgIpc) is 3.30.